The van der Waals surface area contributed by atoms with Crippen molar-refractivity contribution in [3.05, 3.63) is 34.4 Å². The van der Waals surface area contributed by atoms with Crippen molar-refractivity contribution in [2.75, 3.05) is 0 Å². The van der Waals surface area contributed by atoms with Crippen molar-refractivity contribution >= 4 is 12.1 Å². The molecule has 0 aromatic heterocycles. The van der Waals surface area contributed by atoms with E-state index in [1.165, 1.54) is 26.0 Å². The zero-order valence-electron chi connectivity index (χ0n) is 8.38. The third kappa shape index (κ3) is 2.26. The van der Waals surface area contributed by atoms with Gasteiger partial charge in [-0.3, -0.25) is 9.59 Å². The maximum atomic E-state index is 12.6. The third-order valence-corrected chi connectivity index (χ3v) is 2.14. The molecule has 4 heteroatoms. The fourth-order valence-electron chi connectivity index (χ4n) is 1.48. The van der Waals surface area contributed by atoms with Gasteiger partial charge >= 0.3 is 0 Å². The van der Waals surface area contributed by atoms with Gasteiger partial charge in [0.05, 0.1) is 0 Å². The smallest absolute Gasteiger partial charge is 0.264 e. The van der Waals surface area contributed by atoms with Crippen LogP contribution < -0.4 is 0 Å². The van der Waals surface area contributed by atoms with Gasteiger partial charge in [-0.2, -0.15) is 0 Å². The molecule has 0 N–H and O–H groups in total. The van der Waals surface area contributed by atoms with Crippen molar-refractivity contribution in [3.63, 3.8) is 0 Å². The first kappa shape index (κ1) is 11.5. The minimum atomic E-state index is -2.70. The molecule has 0 aliphatic heterocycles. The molecule has 15 heavy (non-hydrogen) atoms. The fraction of sp³-hybridized carbons (Fsp3) is 0.273. The summed E-state index contributed by atoms with van der Waals surface area (Å²) < 4.78 is 25.3. The Labute approximate surface area is 85.9 Å². The second-order valence-electron chi connectivity index (χ2n) is 3.27. The number of ketones is 1. The molecule has 2 nitrogen and oxygen atoms in total. The highest BCUT2D eigenvalue weighted by atomic mass is 19.3. The molecule has 0 fully saturated rings. The zero-order chi connectivity index (χ0) is 11.6. The van der Waals surface area contributed by atoms with E-state index in [1.54, 1.807) is 0 Å². The lowest BCUT2D eigenvalue weighted by atomic mass is 9.97. The number of Topliss-reactive ketones (excluding diaryl/α,β-unsaturated/α-hetero) is 1. The van der Waals surface area contributed by atoms with Gasteiger partial charge in [-0.15, -0.1) is 0 Å². The number of halogens is 2. The van der Waals surface area contributed by atoms with Crippen molar-refractivity contribution in [2.45, 2.75) is 20.3 Å². The Morgan fingerprint density at radius 3 is 2.40 bits per heavy atom. The van der Waals surface area contributed by atoms with Crippen molar-refractivity contribution in [3.8, 4) is 0 Å². The molecule has 0 unspecified atom stereocenters. The van der Waals surface area contributed by atoms with E-state index < -0.39 is 12.2 Å². The second-order valence-corrected chi connectivity index (χ2v) is 3.27. The van der Waals surface area contributed by atoms with Gasteiger partial charge in [-0.05, 0) is 31.5 Å². The van der Waals surface area contributed by atoms with E-state index in [0.29, 0.717) is 6.29 Å². The Balaban J connectivity index is 3.49. The summed E-state index contributed by atoms with van der Waals surface area (Å²) in [5.41, 5.74) is 0.141. The van der Waals surface area contributed by atoms with E-state index in [1.807, 2.05) is 0 Å². The number of hydrogen-bond donors (Lipinski definition) is 0. The van der Waals surface area contributed by atoms with E-state index >= 15 is 0 Å². The number of aryl methyl sites for hydroxylation is 1. The predicted octanol–water partition coefficient (Wildman–Crippen LogP) is 2.95. The molecule has 0 aliphatic rings. The Bertz CT molecular complexity index is 411. The Kier molecular flexibility index (Phi) is 3.29. The van der Waals surface area contributed by atoms with Gasteiger partial charge in [0.1, 0.15) is 6.29 Å². The SMILES string of the molecule is CC(=O)c1cc(C=O)cc(C)c1C(F)F. The second kappa shape index (κ2) is 4.29. The molecule has 0 spiro atoms. The average Bonchev–Trinajstić information content (AvgIpc) is 2.15. The third-order valence-electron chi connectivity index (χ3n) is 2.14. The van der Waals surface area contributed by atoms with E-state index in [2.05, 4.69) is 0 Å². The summed E-state index contributed by atoms with van der Waals surface area (Å²) in [4.78, 5) is 21.7. The van der Waals surface area contributed by atoms with Crippen LogP contribution >= 0.6 is 0 Å². The van der Waals surface area contributed by atoms with Crippen LogP contribution in [0.25, 0.3) is 0 Å². The molecule has 0 aliphatic carbocycles. The van der Waals surface area contributed by atoms with Crippen LogP contribution in [-0.2, 0) is 0 Å². The van der Waals surface area contributed by atoms with Crippen LogP contribution in [0.15, 0.2) is 12.1 Å². The molecule has 0 heterocycles. The fourth-order valence-corrected chi connectivity index (χ4v) is 1.48. The van der Waals surface area contributed by atoms with Gasteiger partial charge in [0.2, 0.25) is 0 Å². The Morgan fingerprint density at radius 1 is 1.40 bits per heavy atom. The van der Waals surface area contributed by atoms with Crippen molar-refractivity contribution < 1.29 is 18.4 Å². The van der Waals surface area contributed by atoms with E-state index in [4.69, 9.17) is 0 Å². The van der Waals surface area contributed by atoms with Gasteiger partial charge < -0.3 is 0 Å². The van der Waals surface area contributed by atoms with E-state index in [-0.39, 0.29) is 22.3 Å². The van der Waals surface area contributed by atoms with Crippen LogP contribution in [0.1, 0.15) is 45.2 Å². The van der Waals surface area contributed by atoms with Gasteiger partial charge in [0, 0.05) is 16.7 Å². The number of aldehydes is 1. The highest BCUT2D eigenvalue weighted by molar-refractivity contribution is 5.97. The number of alkyl halides is 2. The standard InChI is InChI=1S/C11H10F2O2/c1-6-3-8(5-14)4-9(7(2)15)10(6)11(12)13/h3-5,11H,1-2H3. The minimum Gasteiger partial charge on any atom is -0.298 e. The molecule has 1 aromatic carbocycles. The van der Waals surface area contributed by atoms with Crippen LogP contribution in [0.4, 0.5) is 8.78 Å². The minimum absolute atomic E-state index is 0.0768. The zero-order valence-corrected chi connectivity index (χ0v) is 8.38. The summed E-state index contributed by atoms with van der Waals surface area (Å²) >= 11 is 0. The molecule has 0 atom stereocenters. The van der Waals surface area contributed by atoms with E-state index in [9.17, 15) is 18.4 Å². The molecular weight excluding hydrogens is 202 g/mol. The molecule has 80 valence electrons. The Morgan fingerprint density at radius 2 is 2.00 bits per heavy atom. The molecule has 0 amide bonds. The highest BCUT2D eigenvalue weighted by Crippen LogP contribution is 2.27. The largest absolute Gasteiger partial charge is 0.298 e. The molecule has 0 saturated carbocycles. The number of carbonyl (C=O) groups is 2. The quantitative estimate of drug-likeness (QED) is 0.570. The first-order valence-electron chi connectivity index (χ1n) is 4.36. The number of carbonyl (C=O) groups excluding carboxylic acids is 2. The van der Waals surface area contributed by atoms with E-state index in [0.717, 1.165) is 0 Å². The monoisotopic (exact) mass is 212 g/mol. The molecule has 1 aromatic rings. The van der Waals surface area contributed by atoms with Gasteiger partial charge in [0.25, 0.3) is 6.43 Å². The number of hydrogen-bond acceptors (Lipinski definition) is 2. The molecule has 1 rings (SSSR count). The van der Waals surface area contributed by atoms with Crippen molar-refractivity contribution in [1.82, 2.24) is 0 Å². The van der Waals surface area contributed by atoms with Crippen molar-refractivity contribution in [1.29, 1.82) is 0 Å². The average molecular weight is 212 g/mol. The summed E-state index contributed by atoms with van der Waals surface area (Å²) in [7, 11) is 0. The first-order valence-corrected chi connectivity index (χ1v) is 4.36. The number of benzene rings is 1. The van der Waals surface area contributed by atoms with Gasteiger partial charge in [-0.25, -0.2) is 8.78 Å². The lowest BCUT2D eigenvalue weighted by molar-refractivity contribution is 0.0998. The molecular formula is C11H10F2O2. The normalized spacial score (nSPS) is 10.5. The van der Waals surface area contributed by atoms with Crippen LogP contribution in [-0.4, -0.2) is 12.1 Å². The molecule has 0 bridgehead atoms. The Hall–Kier alpha value is -1.58. The summed E-state index contributed by atoms with van der Waals surface area (Å²) in [6, 6.07) is 2.55. The maximum absolute atomic E-state index is 12.6. The lowest BCUT2D eigenvalue weighted by Crippen LogP contribution is -2.04. The summed E-state index contributed by atoms with van der Waals surface area (Å²) in [5.74, 6) is -0.461. The number of rotatable bonds is 3. The van der Waals surface area contributed by atoms with Crippen LogP contribution in [0.5, 0.6) is 0 Å². The predicted molar refractivity (Wildman–Crippen MR) is 51.5 cm³/mol. The summed E-state index contributed by atoms with van der Waals surface area (Å²) in [6.45, 7) is 2.66. The topological polar surface area (TPSA) is 34.1 Å². The molecule has 0 radical (unpaired) electrons. The van der Waals surface area contributed by atoms with Crippen LogP contribution in [0, 0.1) is 6.92 Å². The highest BCUT2D eigenvalue weighted by Gasteiger charge is 2.19. The first-order chi connectivity index (χ1) is 6.97. The van der Waals surface area contributed by atoms with Gasteiger partial charge in [0.15, 0.2) is 5.78 Å². The maximum Gasteiger partial charge on any atom is 0.264 e. The summed E-state index contributed by atoms with van der Waals surface area (Å²) in [5, 5.41) is 0. The molecule has 0 saturated heterocycles. The van der Waals surface area contributed by atoms with Gasteiger partial charge in [-0.1, -0.05) is 0 Å². The van der Waals surface area contributed by atoms with Crippen LogP contribution in [0.2, 0.25) is 0 Å². The summed E-state index contributed by atoms with van der Waals surface area (Å²) in [6.07, 6.45) is -2.17. The van der Waals surface area contributed by atoms with Crippen LogP contribution in [0.3, 0.4) is 0 Å². The van der Waals surface area contributed by atoms with Crippen molar-refractivity contribution in [2.24, 2.45) is 0 Å². The lowest BCUT2D eigenvalue weighted by Gasteiger charge is -2.10.